The van der Waals surface area contributed by atoms with Crippen molar-refractivity contribution >= 4 is 33.6 Å². The highest BCUT2D eigenvalue weighted by Crippen LogP contribution is 2.45. The molecule has 0 bridgehead atoms. The third kappa shape index (κ3) is 68.6. The second kappa shape index (κ2) is 67.4. The molecule has 0 saturated carbocycles. The van der Waals surface area contributed by atoms with Crippen LogP contribution < -0.4 is 0 Å². The minimum Gasteiger partial charge on any atom is -0.463 e. The maximum Gasteiger partial charge on any atom is 0.472 e. The van der Waals surface area contributed by atoms with Crippen molar-refractivity contribution in [2.45, 2.75) is 270 Å². The molecule has 0 rings (SSSR count). The first-order valence-corrected chi connectivity index (χ1v) is 38.1. The first kappa shape index (κ1) is 88.4. The number of hydrogen-bond donors (Lipinski definition) is 4. The molecule has 0 aliphatic heterocycles. The summed E-state index contributed by atoms with van der Waals surface area (Å²) in [5, 5.41) is 20.6. The number of hydrogen-bond acceptors (Lipinski definition) is 14. The second-order valence-corrected chi connectivity index (χ2v) is 25.8. The molecule has 0 amide bonds. The Hall–Kier alpha value is -4.57. The number of phosphoric ester groups is 2. The number of carbonyl (C=O) groups excluding carboxylic acids is 3. The van der Waals surface area contributed by atoms with Crippen molar-refractivity contribution in [3.05, 3.63) is 146 Å². The zero-order valence-corrected chi connectivity index (χ0v) is 59.2. The summed E-state index contributed by atoms with van der Waals surface area (Å²) in [7, 11) is -9.80. The molecule has 0 heterocycles. The highest BCUT2D eigenvalue weighted by molar-refractivity contribution is 7.47. The molecule has 5 unspecified atom stereocenters. The molecule has 0 aliphatic carbocycles. The number of rotatable bonds is 65. The number of aliphatic hydroxyl groups is 2. The Bertz CT molecular complexity index is 2280. The quantitative estimate of drug-likeness (QED) is 0.0146. The van der Waals surface area contributed by atoms with Gasteiger partial charge < -0.3 is 34.2 Å². The van der Waals surface area contributed by atoms with Crippen LogP contribution in [0.2, 0.25) is 0 Å². The van der Waals surface area contributed by atoms with Crippen molar-refractivity contribution in [3.8, 4) is 0 Å². The van der Waals surface area contributed by atoms with Gasteiger partial charge in [0.05, 0.1) is 26.4 Å². The maximum absolute atomic E-state index is 12.9. The number of carbonyl (C=O) groups is 3. The van der Waals surface area contributed by atoms with Crippen LogP contribution in [-0.2, 0) is 55.8 Å². The van der Waals surface area contributed by atoms with Gasteiger partial charge >= 0.3 is 33.6 Å². The van der Waals surface area contributed by atoms with E-state index < -0.39 is 91.5 Å². The van der Waals surface area contributed by atoms with Crippen molar-refractivity contribution in [2.75, 3.05) is 39.6 Å². The summed E-state index contributed by atoms with van der Waals surface area (Å²) in [5.74, 6) is -1.65. The minimum absolute atomic E-state index is 0.0797. The third-order valence-electron chi connectivity index (χ3n) is 14.0. The molecule has 0 spiro atoms. The second-order valence-electron chi connectivity index (χ2n) is 22.9. The summed E-state index contributed by atoms with van der Waals surface area (Å²) in [6.07, 6.45) is 80.6. The monoisotopic (exact) mass is 1340 g/mol. The van der Waals surface area contributed by atoms with Crippen molar-refractivity contribution in [1.82, 2.24) is 0 Å². The topological polar surface area (TPSA) is 231 Å². The first-order valence-electron chi connectivity index (χ1n) is 35.1. The van der Waals surface area contributed by atoms with Gasteiger partial charge in [-0.3, -0.25) is 32.5 Å². The molecule has 0 fully saturated rings. The molecule has 0 aromatic carbocycles. The lowest BCUT2D eigenvalue weighted by molar-refractivity contribution is -0.161. The van der Waals surface area contributed by atoms with Crippen molar-refractivity contribution in [1.29, 1.82) is 0 Å². The number of aliphatic hydroxyl groups excluding tert-OH is 2. The van der Waals surface area contributed by atoms with E-state index in [4.69, 9.17) is 32.3 Å². The van der Waals surface area contributed by atoms with Crippen LogP contribution >= 0.6 is 15.6 Å². The van der Waals surface area contributed by atoms with Gasteiger partial charge in [-0.25, -0.2) is 9.13 Å². The third-order valence-corrected chi connectivity index (χ3v) is 15.9. The smallest absolute Gasteiger partial charge is 0.463 e. The fourth-order valence-corrected chi connectivity index (χ4v) is 10.3. The van der Waals surface area contributed by atoms with Gasteiger partial charge in [0.1, 0.15) is 25.4 Å². The average molecular weight is 1340 g/mol. The van der Waals surface area contributed by atoms with Crippen molar-refractivity contribution < 1.29 is 75.8 Å². The van der Waals surface area contributed by atoms with E-state index in [2.05, 4.69) is 167 Å². The number of ether oxygens (including phenoxy) is 3. The summed E-state index contributed by atoms with van der Waals surface area (Å²) in [4.78, 5) is 58.3. The molecule has 0 radical (unpaired) electrons. The summed E-state index contributed by atoms with van der Waals surface area (Å²) in [6.45, 7) is 2.31. The molecule has 16 nitrogen and oxygen atoms in total. The zero-order chi connectivity index (χ0) is 68.1. The molecular weight excluding hydrogens is 1220 g/mol. The summed E-state index contributed by atoms with van der Waals surface area (Å²) in [5.41, 5.74) is 0. The molecule has 18 heteroatoms. The van der Waals surface area contributed by atoms with Gasteiger partial charge in [0.25, 0.3) is 0 Å². The maximum atomic E-state index is 12.9. The predicted octanol–water partition coefficient (Wildman–Crippen LogP) is 19.8. The predicted molar refractivity (Wildman–Crippen MR) is 380 cm³/mol. The number of esters is 3. The molecule has 4 N–H and O–H groups in total. The van der Waals surface area contributed by atoms with Gasteiger partial charge in [-0.1, -0.05) is 244 Å². The zero-order valence-electron chi connectivity index (χ0n) is 57.4. The lowest BCUT2D eigenvalue weighted by atomic mass is 10.1. The molecule has 93 heavy (non-hydrogen) atoms. The summed E-state index contributed by atoms with van der Waals surface area (Å²) in [6, 6.07) is 0. The van der Waals surface area contributed by atoms with E-state index in [1.54, 1.807) is 0 Å². The Labute approximate surface area is 562 Å². The lowest BCUT2D eigenvalue weighted by Crippen LogP contribution is -2.30. The number of allylic oxidation sites excluding steroid dienone is 24. The van der Waals surface area contributed by atoms with Crippen LogP contribution in [0.25, 0.3) is 0 Å². The van der Waals surface area contributed by atoms with Crippen LogP contribution in [0.3, 0.4) is 0 Å². The Morgan fingerprint density at radius 1 is 0.312 bits per heavy atom. The van der Waals surface area contributed by atoms with Gasteiger partial charge in [0, 0.05) is 19.3 Å². The minimum atomic E-state index is -4.94. The van der Waals surface area contributed by atoms with Crippen LogP contribution in [0.15, 0.2) is 146 Å². The molecule has 0 aliphatic rings. The Morgan fingerprint density at radius 3 is 0.935 bits per heavy atom. The van der Waals surface area contributed by atoms with E-state index in [-0.39, 0.29) is 19.3 Å². The van der Waals surface area contributed by atoms with E-state index in [1.165, 1.54) is 38.5 Å². The molecule has 0 aromatic heterocycles. The lowest BCUT2D eigenvalue weighted by Gasteiger charge is -2.21. The Morgan fingerprint density at radius 2 is 0.570 bits per heavy atom. The van der Waals surface area contributed by atoms with Gasteiger partial charge in [-0.05, 0) is 135 Å². The van der Waals surface area contributed by atoms with E-state index in [9.17, 15) is 43.5 Å². The Kier molecular flexibility index (Phi) is 64.1. The summed E-state index contributed by atoms with van der Waals surface area (Å²) >= 11 is 0. The SMILES string of the molecule is CC/C=C\C/C=C\C/C=C\C/C=C\C/C=C\C/C=C\CCCCC(=O)OCC(COP(=O)(O)OCC(O)COP(=O)(O)OCC(O)COC(=O)CCCCCCCCCCC/C=C\C/C=C\C/C=C\C/C=C\C/C=C\CC)OC(=O)CCCCCCC/C=C\CCCC. The Balaban J connectivity index is 4.59. The molecule has 0 saturated heterocycles. The van der Waals surface area contributed by atoms with Gasteiger partial charge in [0.2, 0.25) is 0 Å². The largest absolute Gasteiger partial charge is 0.472 e. The van der Waals surface area contributed by atoms with Gasteiger partial charge in [-0.2, -0.15) is 0 Å². The van der Waals surface area contributed by atoms with E-state index in [0.29, 0.717) is 19.3 Å². The molecule has 530 valence electrons. The van der Waals surface area contributed by atoms with E-state index in [1.807, 2.05) is 0 Å². The molecule has 5 atom stereocenters. The van der Waals surface area contributed by atoms with Crippen LogP contribution in [0.1, 0.15) is 252 Å². The summed E-state index contributed by atoms with van der Waals surface area (Å²) < 4.78 is 60.8. The standard InChI is InChI=1S/C75H124O16P2/c1-4-7-10-13-16-19-22-24-26-28-30-32-33-34-35-37-39-40-42-44-47-49-52-55-58-61-73(78)85-64-70(76)65-87-92(81,82)88-66-71(77)67-89-93(83,84)90-69-72(91-75(80)63-60-57-54-51-46-21-18-15-12-9-6-3)68-86-74(79)62-59-56-53-50-48-45-43-41-38-36-31-29-27-25-23-20-17-14-11-8-5-2/h7-8,10-11,15-20,24-27,30-32,34-36,41,43,48,50,70-72,76-77H,4-6,9,12-14,21-23,28-29,33,37-40,42,44-47,49,51-69H2,1-3H3,(H,81,82)(H,83,84)/b10-7-,11-8-,18-15-,19-16-,20-17-,26-24-,27-25-,32-30-,35-34-,36-31-,43-41-,50-48-. The fraction of sp³-hybridized carbons (Fsp3) is 0.640. The van der Waals surface area contributed by atoms with Crippen LogP contribution in [0, 0.1) is 0 Å². The highest BCUT2D eigenvalue weighted by Gasteiger charge is 2.29. The average Bonchev–Trinajstić information content (AvgIpc) is 2.38. The van der Waals surface area contributed by atoms with E-state index >= 15 is 0 Å². The first-order chi connectivity index (χ1) is 45.2. The van der Waals surface area contributed by atoms with Crippen LogP contribution in [0.4, 0.5) is 0 Å². The van der Waals surface area contributed by atoms with E-state index in [0.717, 1.165) is 154 Å². The number of phosphoric acid groups is 2. The van der Waals surface area contributed by atoms with Crippen molar-refractivity contribution in [3.63, 3.8) is 0 Å². The highest BCUT2D eigenvalue weighted by atomic mass is 31.2. The van der Waals surface area contributed by atoms with Crippen molar-refractivity contribution in [2.24, 2.45) is 0 Å². The molecular formula is C75H124O16P2. The fourth-order valence-electron chi connectivity index (χ4n) is 8.70. The van der Waals surface area contributed by atoms with Crippen LogP contribution in [0.5, 0.6) is 0 Å². The number of unbranched alkanes of at least 4 members (excludes halogenated alkanes) is 18. The van der Waals surface area contributed by atoms with Crippen LogP contribution in [-0.4, -0.2) is 95.9 Å². The normalized spacial score (nSPS) is 15.0. The van der Waals surface area contributed by atoms with Gasteiger partial charge in [0.15, 0.2) is 6.10 Å². The van der Waals surface area contributed by atoms with Gasteiger partial charge in [-0.15, -0.1) is 0 Å². The molecule has 0 aromatic rings.